The predicted molar refractivity (Wildman–Crippen MR) is 102 cm³/mol. The lowest BCUT2D eigenvalue weighted by atomic mass is 10.3. The van der Waals surface area contributed by atoms with E-state index in [1.54, 1.807) is 18.7 Å². The van der Waals surface area contributed by atoms with Gasteiger partial charge in [-0.3, -0.25) is 9.59 Å². The fourth-order valence-corrected chi connectivity index (χ4v) is 3.35. The minimum absolute atomic E-state index is 0.233. The Morgan fingerprint density at radius 1 is 1.28 bits per heavy atom. The van der Waals surface area contributed by atoms with Gasteiger partial charge < -0.3 is 10.3 Å². The van der Waals surface area contributed by atoms with Crippen LogP contribution in [0.5, 0.6) is 0 Å². The summed E-state index contributed by atoms with van der Waals surface area (Å²) in [7, 11) is 0. The van der Waals surface area contributed by atoms with E-state index in [1.165, 1.54) is 42.1 Å². The molecule has 0 aliphatic heterocycles. The zero-order valence-electron chi connectivity index (χ0n) is 14.2. The van der Waals surface area contributed by atoms with E-state index in [9.17, 15) is 14.0 Å². The summed E-state index contributed by atoms with van der Waals surface area (Å²) < 4.78 is 12.9. The third-order valence-corrected chi connectivity index (χ3v) is 5.22. The second-order valence-corrected chi connectivity index (χ2v) is 8.55. The standard InChI is InChI=1S/C17H20FN3O2S2/c1-10(2)24-9-14-8-15(22)21-17(20-14)25-11(3)16(23)19-13-6-4-12(18)5-7-13/h4-8,10-11H,9H2,1-3H3,(H,19,23)(H,20,21,22). The maximum absolute atomic E-state index is 12.9. The summed E-state index contributed by atoms with van der Waals surface area (Å²) in [5.74, 6) is 0.0326. The van der Waals surface area contributed by atoms with E-state index in [0.717, 1.165) is 0 Å². The minimum Gasteiger partial charge on any atom is -0.325 e. The lowest BCUT2D eigenvalue weighted by molar-refractivity contribution is -0.115. The van der Waals surface area contributed by atoms with Crippen molar-refractivity contribution in [1.29, 1.82) is 0 Å². The molecular weight excluding hydrogens is 361 g/mol. The molecule has 1 amide bonds. The van der Waals surface area contributed by atoms with Crippen molar-refractivity contribution in [3.05, 3.63) is 52.2 Å². The highest BCUT2D eigenvalue weighted by atomic mass is 32.2. The van der Waals surface area contributed by atoms with E-state index >= 15 is 0 Å². The fraction of sp³-hybridized carbons (Fsp3) is 0.353. The van der Waals surface area contributed by atoms with Crippen molar-refractivity contribution in [3.8, 4) is 0 Å². The number of thioether (sulfide) groups is 2. The third kappa shape index (κ3) is 6.55. The van der Waals surface area contributed by atoms with Gasteiger partial charge in [-0.05, 0) is 36.4 Å². The normalized spacial score (nSPS) is 12.2. The number of nitrogens with one attached hydrogen (secondary N) is 2. The van der Waals surface area contributed by atoms with Crippen LogP contribution < -0.4 is 10.9 Å². The summed E-state index contributed by atoms with van der Waals surface area (Å²) in [6, 6.07) is 7.02. The van der Waals surface area contributed by atoms with Gasteiger partial charge in [-0.25, -0.2) is 9.37 Å². The Bertz CT molecular complexity index is 778. The minimum atomic E-state index is -0.471. The Hall–Kier alpha value is -1.80. The Kier molecular flexibility index (Phi) is 7.07. The molecule has 1 unspecified atom stereocenters. The number of hydrogen-bond donors (Lipinski definition) is 2. The van der Waals surface area contributed by atoms with E-state index in [1.807, 2.05) is 0 Å². The van der Waals surface area contributed by atoms with Crippen LogP contribution in [0.4, 0.5) is 10.1 Å². The van der Waals surface area contributed by atoms with Gasteiger partial charge in [-0.15, -0.1) is 0 Å². The molecule has 0 radical (unpaired) electrons. The summed E-state index contributed by atoms with van der Waals surface area (Å²) in [5, 5.41) is 3.09. The molecule has 0 bridgehead atoms. The number of aromatic nitrogens is 2. The first-order valence-corrected chi connectivity index (χ1v) is 9.71. The maximum atomic E-state index is 12.9. The molecule has 1 heterocycles. The van der Waals surface area contributed by atoms with Gasteiger partial charge in [0.2, 0.25) is 5.91 Å². The number of anilines is 1. The third-order valence-electron chi connectivity index (χ3n) is 3.11. The molecule has 2 aromatic rings. The number of rotatable bonds is 7. The fourth-order valence-electron chi connectivity index (χ4n) is 1.86. The Labute approximate surface area is 154 Å². The zero-order valence-corrected chi connectivity index (χ0v) is 15.8. The average molecular weight is 381 g/mol. The highest BCUT2D eigenvalue weighted by Crippen LogP contribution is 2.22. The number of carbonyl (C=O) groups is 1. The Morgan fingerprint density at radius 2 is 1.96 bits per heavy atom. The number of halogens is 1. The van der Waals surface area contributed by atoms with Crippen molar-refractivity contribution >= 4 is 35.1 Å². The van der Waals surface area contributed by atoms with Gasteiger partial charge in [-0.2, -0.15) is 11.8 Å². The molecule has 0 spiro atoms. The molecule has 0 fully saturated rings. The number of benzene rings is 1. The molecule has 2 N–H and O–H groups in total. The topological polar surface area (TPSA) is 74.8 Å². The Morgan fingerprint density at radius 3 is 2.60 bits per heavy atom. The van der Waals surface area contributed by atoms with E-state index in [0.29, 0.717) is 27.5 Å². The Balaban J connectivity index is 2.01. The summed E-state index contributed by atoms with van der Waals surface area (Å²) in [4.78, 5) is 31.1. The second kappa shape index (κ2) is 9.05. The highest BCUT2D eigenvalue weighted by molar-refractivity contribution is 8.00. The number of carbonyl (C=O) groups excluding carboxylic acids is 1. The largest absolute Gasteiger partial charge is 0.325 e. The summed E-state index contributed by atoms with van der Waals surface area (Å²) in [6.07, 6.45) is 0. The van der Waals surface area contributed by atoms with Crippen molar-refractivity contribution in [2.24, 2.45) is 0 Å². The van der Waals surface area contributed by atoms with E-state index in [4.69, 9.17) is 0 Å². The van der Waals surface area contributed by atoms with Crippen LogP contribution in [0.1, 0.15) is 26.5 Å². The molecular formula is C17H20FN3O2S2. The number of hydrogen-bond acceptors (Lipinski definition) is 5. The number of nitrogens with zero attached hydrogens (tertiary/aromatic N) is 1. The molecule has 134 valence electrons. The maximum Gasteiger partial charge on any atom is 0.251 e. The van der Waals surface area contributed by atoms with Gasteiger partial charge in [0, 0.05) is 17.5 Å². The number of amides is 1. The highest BCUT2D eigenvalue weighted by Gasteiger charge is 2.16. The van der Waals surface area contributed by atoms with Gasteiger partial charge in [0.1, 0.15) is 5.82 Å². The van der Waals surface area contributed by atoms with Crippen LogP contribution in [-0.2, 0) is 10.5 Å². The van der Waals surface area contributed by atoms with Gasteiger partial charge in [0.15, 0.2) is 5.16 Å². The predicted octanol–water partition coefficient (Wildman–Crippen LogP) is 3.67. The van der Waals surface area contributed by atoms with Gasteiger partial charge in [-0.1, -0.05) is 25.6 Å². The van der Waals surface area contributed by atoms with Gasteiger partial charge in [0.25, 0.3) is 5.56 Å². The second-order valence-electron chi connectivity index (χ2n) is 5.66. The van der Waals surface area contributed by atoms with Crippen LogP contribution in [0.25, 0.3) is 0 Å². The first-order chi connectivity index (χ1) is 11.8. The van der Waals surface area contributed by atoms with Crippen molar-refractivity contribution < 1.29 is 9.18 Å². The first kappa shape index (κ1) is 19.5. The zero-order chi connectivity index (χ0) is 18.4. The molecule has 8 heteroatoms. The average Bonchev–Trinajstić information content (AvgIpc) is 2.54. The molecule has 5 nitrogen and oxygen atoms in total. The summed E-state index contributed by atoms with van der Waals surface area (Å²) in [6.45, 7) is 5.88. The molecule has 0 saturated heterocycles. The van der Waals surface area contributed by atoms with Crippen molar-refractivity contribution in [2.45, 2.75) is 42.2 Å². The van der Waals surface area contributed by atoms with Crippen molar-refractivity contribution in [1.82, 2.24) is 9.97 Å². The van der Waals surface area contributed by atoms with Crippen LogP contribution in [0.15, 0.2) is 40.3 Å². The quantitative estimate of drug-likeness (QED) is 0.565. The molecule has 1 aromatic heterocycles. The van der Waals surface area contributed by atoms with Gasteiger partial charge >= 0.3 is 0 Å². The van der Waals surface area contributed by atoms with Crippen molar-refractivity contribution in [2.75, 3.05) is 5.32 Å². The monoisotopic (exact) mass is 381 g/mol. The van der Waals surface area contributed by atoms with Crippen LogP contribution in [0, 0.1) is 5.82 Å². The van der Waals surface area contributed by atoms with Crippen LogP contribution in [0.3, 0.4) is 0 Å². The molecule has 0 aliphatic carbocycles. The lowest BCUT2D eigenvalue weighted by Crippen LogP contribution is -2.23. The molecule has 0 saturated carbocycles. The molecule has 25 heavy (non-hydrogen) atoms. The van der Waals surface area contributed by atoms with Gasteiger partial charge in [0.05, 0.1) is 10.9 Å². The molecule has 1 atom stereocenters. The smallest absolute Gasteiger partial charge is 0.251 e. The first-order valence-electron chi connectivity index (χ1n) is 7.78. The summed E-state index contributed by atoms with van der Waals surface area (Å²) in [5.41, 5.74) is 0.974. The van der Waals surface area contributed by atoms with Crippen molar-refractivity contribution in [3.63, 3.8) is 0 Å². The van der Waals surface area contributed by atoms with Crippen LogP contribution in [-0.4, -0.2) is 26.4 Å². The molecule has 2 rings (SSSR count). The van der Waals surface area contributed by atoms with Crippen LogP contribution >= 0.6 is 23.5 Å². The summed E-state index contributed by atoms with van der Waals surface area (Å²) >= 11 is 2.87. The SMILES string of the molecule is CC(C)SCc1cc(=O)[nH]c(SC(C)C(=O)Nc2ccc(F)cc2)n1. The van der Waals surface area contributed by atoms with E-state index in [2.05, 4.69) is 29.1 Å². The van der Waals surface area contributed by atoms with Crippen LogP contribution in [0.2, 0.25) is 0 Å². The molecule has 0 aliphatic rings. The van der Waals surface area contributed by atoms with E-state index in [-0.39, 0.29) is 17.3 Å². The number of aromatic amines is 1. The number of H-pyrrole nitrogens is 1. The lowest BCUT2D eigenvalue weighted by Gasteiger charge is -2.12. The van der Waals surface area contributed by atoms with E-state index < -0.39 is 5.25 Å². The molecule has 1 aromatic carbocycles.